The first-order valence-corrected chi connectivity index (χ1v) is 14.5. The number of phenols is 2. The summed E-state index contributed by atoms with van der Waals surface area (Å²) in [4.78, 5) is 2.42. The number of likely N-dealkylation sites (tertiary alicyclic amines) is 1. The summed E-state index contributed by atoms with van der Waals surface area (Å²) in [5.41, 5.74) is 4.42. The van der Waals surface area contributed by atoms with E-state index in [0.717, 1.165) is 35.4 Å². The van der Waals surface area contributed by atoms with E-state index in [1.165, 1.54) is 6.42 Å². The second kappa shape index (κ2) is 11.4. The average molecular weight is 549 g/mol. The van der Waals surface area contributed by atoms with E-state index in [2.05, 4.69) is 18.7 Å². The van der Waals surface area contributed by atoms with Crippen LogP contribution in [0.3, 0.4) is 0 Å². The fourth-order valence-corrected chi connectivity index (χ4v) is 6.08. The topological polar surface area (TPSA) is 102 Å². The van der Waals surface area contributed by atoms with Gasteiger partial charge >= 0.3 is 0 Å². The molecule has 7 nitrogen and oxygen atoms in total. The zero-order chi connectivity index (χ0) is 27.7. The van der Waals surface area contributed by atoms with E-state index in [1.54, 1.807) is 42.5 Å². The second-order valence-electron chi connectivity index (χ2n) is 10.6. The van der Waals surface area contributed by atoms with E-state index in [-0.39, 0.29) is 23.3 Å². The van der Waals surface area contributed by atoms with Crippen LogP contribution in [0.25, 0.3) is 11.1 Å². The first-order valence-electron chi connectivity index (χ1n) is 13.3. The van der Waals surface area contributed by atoms with Gasteiger partial charge in [0.2, 0.25) is 0 Å². The van der Waals surface area contributed by atoms with Gasteiger partial charge in [0.15, 0.2) is 6.10 Å². The maximum absolute atomic E-state index is 11.9. The lowest BCUT2D eigenvalue weighted by Gasteiger charge is -2.32. The van der Waals surface area contributed by atoms with Gasteiger partial charge in [-0.1, -0.05) is 36.2 Å². The Bertz CT molecular complexity index is 1420. The van der Waals surface area contributed by atoms with Crippen LogP contribution in [0.5, 0.6) is 23.0 Å². The normalized spacial score (nSPS) is 20.8. The van der Waals surface area contributed by atoms with Crippen molar-refractivity contribution < 1.29 is 28.4 Å². The van der Waals surface area contributed by atoms with Gasteiger partial charge in [-0.05, 0) is 91.9 Å². The zero-order valence-corrected chi connectivity index (χ0v) is 23.2. The third-order valence-corrected chi connectivity index (χ3v) is 8.22. The Balaban J connectivity index is 1.52. The highest BCUT2D eigenvalue weighted by Gasteiger charge is 2.31. The second-order valence-corrected chi connectivity index (χ2v) is 11.5. The van der Waals surface area contributed by atoms with Gasteiger partial charge in [0.1, 0.15) is 29.6 Å². The van der Waals surface area contributed by atoms with E-state index in [0.29, 0.717) is 35.2 Å². The third-order valence-electron chi connectivity index (χ3n) is 7.68. The summed E-state index contributed by atoms with van der Waals surface area (Å²) in [6.45, 7) is 8.99. The molecule has 39 heavy (non-hydrogen) atoms. The lowest BCUT2D eigenvalue weighted by atomic mass is 9.85. The average Bonchev–Trinajstić information content (AvgIpc) is 3.33. The Morgan fingerprint density at radius 1 is 1.13 bits per heavy atom. The molecule has 2 unspecified atom stereocenters. The molecule has 0 radical (unpaired) electrons. The van der Waals surface area contributed by atoms with E-state index < -0.39 is 17.2 Å². The molecular formula is C31H34NO6S-. The van der Waals surface area contributed by atoms with Crippen LogP contribution in [0.15, 0.2) is 60.7 Å². The van der Waals surface area contributed by atoms with Crippen LogP contribution in [0.2, 0.25) is 0 Å². The monoisotopic (exact) mass is 548 g/mol. The molecule has 0 aromatic heterocycles. The molecule has 2 N–H and O–H groups in total. The minimum absolute atomic E-state index is 0.111. The van der Waals surface area contributed by atoms with Crippen LogP contribution in [0.4, 0.5) is 0 Å². The van der Waals surface area contributed by atoms with Crippen LogP contribution in [-0.4, -0.2) is 49.6 Å². The van der Waals surface area contributed by atoms with Gasteiger partial charge in [0.25, 0.3) is 0 Å². The Morgan fingerprint density at radius 2 is 1.92 bits per heavy atom. The van der Waals surface area contributed by atoms with Gasteiger partial charge in [0, 0.05) is 35.0 Å². The molecule has 4 atom stereocenters. The van der Waals surface area contributed by atoms with Crippen molar-refractivity contribution in [1.82, 2.24) is 4.90 Å². The summed E-state index contributed by atoms with van der Waals surface area (Å²) in [7, 11) is 0. The van der Waals surface area contributed by atoms with Gasteiger partial charge in [-0.15, -0.1) is 0 Å². The molecule has 0 amide bonds. The summed E-state index contributed by atoms with van der Waals surface area (Å²) >= 11 is -2.33. The van der Waals surface area contributed by atoms with Crippen LogP contribution in [0, 0.1) is 5.92 Å². The van der Waals surface area contributed by atoms with Crippen molar-refractivity contribution in [3.8, 4) is 23.0 Å². The summed E-state index contributed by atoms with van der Waals surface area (Å²) in [5, 5.41) is 20.4. The minimum atomic E-state index is -2.33. The van der Waals surface area contributed by atoms with Crippen molar-refractivity contribution in [3.63, 3.8) is 0 Å². The molecule has 5 rings (SSSR count). The fourth-order valence-electron chi connectivity index (χ4n) is 5.57. The number of allylic oxidation sites excluding steroid dienone is 1. The van der Waals surface area contributed by atoms with E-state index >= 15 is 0 Å². The predicted octanol–water partition coefficient (Wildman–Crippen LogP) is 5.65. The van der Waals surface area contributed by atoms with Crippen LogP contribution < -0.4 is 9.47 Å². The number of nitrogens with zero attached hydrogens (tertiary/aromatic N) is 1. The highest BCUT2D eigenvalue weighted by atomic mass is 32.2. The van der Waals surface area contributed by atoms with Gasteiger partial charge < -0.3 is 24.2 Å². The molecule has 0 bridgehead atoms. The first kappa shape index (κ1) is 27.2. The molecule has 1 saturated heterocycles. The first-order chi connectivity index (χ1) is 18.7. The number of hydrogen-bond donors (Lipinski definition) is 2. The van der Waals surface area contributed by atoms with E-state index in [1.807, 2.05) is 25.1 Å². The number of phenolic OH excluding ortho intramolecular Hbond substituents is 2. The number of ether oxygens (including phenoxy) is 2. The summed E-state index contributed by atoms with van der Waals surface area (Å²) < 4.78 is 36.5. The molecule has 2 aliphatic heterocycles. The smallest absolute Gasteiger partial charge is 0.150 e. The number of fused-ring (bicyclic) bond motifs is 1. The number of hydrogen-bond acceptors (Lipinski definition) is 7. The van der Waals surface area contributed by atoms with Crippen molar-refractivity contribution in [2.24, 2.45) is 5.92 Å². The molecule has 0 saturated carbocycles. The largest absolute Gasteiger partial charge is 0.772 e. The molecule has 8 heteroatoms. The van der Waals surface area contributed by atoms with Gasteiger partial charge in [-0.3, -0.25) is 9.11 Å². The molecular weight excluding hydrogens is 514 g/mol. The zero-order valence-electron chi connectivity index (χ0n) is 22.4. The highest BCUT2D eigenvalue weighted by molar-refractivity contribution is 7.78. The molecule has 2 heterocycles. The van der Waals surface area contributed by atoms with Crippen LogP contribution in [-0.2, 0) is 16.8 Å². The summed E-state index contributed by atoms with van der Waals surface area (Å²) in [5.74, 6) is 1.92. The molecule has 3 aromatic rings. The molecule has 1 fully saturated rings. The van der Waals surface area contributed by atoms with Crippen molar-refractivity contribution in [1.29, 1.82) is 0 Å². The lowest BCUT2D eigenvalue weighted by molar-refractivity contribution is 0.169. The number of rotatable bonds is 8. The Hall–Kier alpha value is -3.33. The maximum Gasteiger partial charge on any atom is 0.150 e. The Morgan fingerprint density at radius 3 is 2.64 bits per heavy atom. The number of aromatic hydroxyl groups is 2. The quantitative estimate of drug-likeness (QED) is 0.351. The van der Waals surface area contributed by atoms with E-state index in [4.69, 9.17) is 9.47 Å². The Kier molecular flexibility index (Phi) is 7.98. The summed E-state index contributed by atoms with van der Waals surface area (Å²) in [6.07, 6.45) is 0.554. The van der Waals surface area contributed by atoms with Crippen LogP contribution in [0.1, 0.15) is 55.5 Å². The molecule has 0 aliphatic carbocycles. The standard InChI is InChI=1S/C31H35NO6S/c1-19-11-12-32(16-19)20(2)17-37-26-8-9-27(23(14-26)18-39(35)36)31-30(22-5-4-6-24(33)13-22)21(3)28-15-25(34)7-10-29(28)38-31/h4-10,13-15,19-20,31,33-34H,11-12,16-18H2,1-3H3,(H,35,36)/p-1/t19-,20+,31?/m1/s1. The SMILES string of the molecule is CC1=C(c2cccc(O)c2)C(c2ccc(OC[C@H](C)N3CC[C@@H](C)C3)cc2CS(=O)[O-])Oc2ccc(O)cc21. The van der Waals surface area contributed by atoms with Gasteiger partial charge in [-0.25, -0.2) is 0 Å². The molecule has 0 spiro atoms. The lowest BCUT2D eigenvalue weighted by Crippen LogP contribution is -2.35. The molecule has 206 valence electrons. The van der Waals surface area contributed by atoms with Gasteiger partial charge in [0.05, 0.1) is 0 Å². The minimum Gasteiger partial charge on any atom is -0.772 e. The Labute approximate surface area is 232 Å². The van der Waals surface area contributed by atoms with Crippen molar-refractivity contribution in [2.45, 2.75) is 45.1 Å². The predicted molar refractivity (Wildman–Crippen MR) is 151 cm³/mol. The van der Waals surface area contributed by atoms with Crippen molar-refractivity contribution >= 4 is 22.2 Å². The van der Waals surface area contributed by atoms with Crippen molar-refractivity contribution in [2.75, 3.05) is 19.7 Å². The van der Waals surface area contributed by atoms with Gasteiger partial charge in [-0.2, -0.15) is 0 Å². The molecule has 2 aliphatic rings. The van der Waals surface area contributed by atoms with E-state index in [9.17, 15) is 19.0 Å². The summed E-state index contributed by atoms with van der Waals surface area (Å²) in [6, 6.07) is 17.6. The maximum atomic E-state index is 11.9. The third kappa shape index (κ3) is 5.98. The highest BCUT2D eigenvalue weighted by Crippen LogP contribution is 2.48. The fraction of sp³-hybridized carbons (Fsp3) is 0.355. The van der Waals surface area contributed by atoms with Crippen molar-refractivity contribution in [3.05, 3.63) is 82.9 Å². The van der Waals surface area contributed by atoms with Crippen LogP contribution >= 0.6 is 0 Å². The molecule has 3 aromatic carbocycles. The number of benzene rings is 3.